The summed E-state index contributed by atoms with van der Waals surface area (Å²) >= 11 is 0. The second-order valence-corrected chi connectivity index (χ2v) is 7.84. The normalized spacial score (nSPS) is 14.9. The summed E-state index contributed by atoms with van der Waals surface area (Å²) in [5, 5.41) is 0. The first-order valence-electron chi connectivity index (χ1n) is 11.3. The van der Waals surface area contributed by atoms with Gasteiger partial charge in [0.25, 0.3) is 0 Å². The van der Waals surface area contributed by atoms with Gasteiger partial charge >= 0.3 is 0 Å². The Morgan fingerprint density at radius 2 is 1.61 bits per heavy atom. The van der Waals surface area contributed by atoms with Crippen molar-refractivity contribution in [3.05, 3.63) is 90.5 Å². The Balaban J connectivity index is 0.000000179. The van der Waals surface area contributed by atoms with E-state index in [4.69, 9.17) is 17.3 Å². The van der Waals surface area contributed by atoms with Gasteiger partial charge in [-0.2, -0.15) is 0 Å². The fourth-order valence-corrected chi connectivity index (χ4v) is 3.94. The summed E-state index contributed by atoms with van der Waals surface area (Å²) in [6.07, 6.45) is 9.57. The molecule has 1 atom stereocenters. The predicted molar refractivity (Wildman–Crippen MR) is 126 cm³/mol. The Morgan fingerprint density at radius 3 is 2.10 bits per heavy atom. The summed E-state index contributed by atoms with van der Waals surface area (Å²) < 4.78 is 13.1. The van der Waals surface area contributed by atoms with Gasteiger partial charge in [-0.05, 0) is 24.0 Å². The maximum Gasteiger partial charge on any atom is 0.162 e. The van der Waals surface area contributed by atoms with E-state index in [1.807, 2.05) is 12.5 Å². The van der Waals surface area contributed by atoms with Crippen molar-refractivity contribution in [2.45, 2.75) is 51.3 Å². The third-order valence-electron chi connectivity index (χ3n) is 5.66. The van der Waals surface area contributed by atoms with Gasteiger partial charge in [-0.3, -0.25) is 0 Å². The summed E-state index contributed by atoms with van der Waals surface area (Å²) in [4.78, 5) is 4.02. The monoisotopic (exact) mass is 416 g/mol. The van der Waals surface area contributed by atoms with E-state index >= 15 is 0 Å². The Bertz CT molecular complexity index is 782. The predicted octanol–water partition coefficient (Wildman–Crippen LogP) is 5.47. The number of rotatable bonds is 9. The first kappa shape index (κ1) is 23.3. The van der Waals surface area contributed by atoms with E-state index in [1.54, 1.807) is 6.20 Å². The fourth-order valence-electron chi connectivity index (χ4n) is 3.94. The zero-order valence-corrected chi connectivity index (χ0v) is 18.5. The third kappa shape index (κ3) is 7.37. The minimum absolute atomic E-state index is 0.0256. The lowest BCUT2D eigenvalue weighted by Gasteiger charge is -2.20. The molecule has 4 nitrogen and oxygen atoms in total. The van der Waals surface area contributed by atoms with Crippen molar-refractivity contribution in [2.75, 3.05) is 13.2 Å². The molecule has 0 spiro atoms. The minimum Gasteiger partial charge on any atom is -0.350 e. The van der Waals surface area contributed by atoms with Crippen LogP contribution in [-0.2, 0) is 16.0 Å². The van der Waals surface area contributed by atoms with Crippen molar-refractivity contribution in [1.29, 1.82) is 0 Å². The SMILES string of the molecule is CCC(Cn1ccnc1)C1OCCO1.[B]CCCC(c1ccccc1)c1ccccc1. The molecule has 162 valence electrons. The highest BCUT2D eigenvalue weighted by atomic mass is 16.7. The molecule has 1 aromatic heterocycles. The molecule has 0 amide bonds. The van der Waals surface area contributed by atoms with Gasteiger partial charge in [0, 0.05) is 30.8 Å². The Labute approximate surface area is 188 Å². The number of imidazole rings is 1. The van der Waals surface area contributed by atoms with E-state index in [2.05, 4.69) is 77.1 Å². The topological polar surface area (TPSA) is 36.3 Å². The van der Waals surface area contributed by atoms with Gasteiger partial charge in [-0.15, -0.1) is 0 Å². The van der Waals surface area contributed by atoms with Crippen molar-refractivity contribution in [1.82, 2.24) is 9.55 Å². The highest BCUT2D eigenvalue weighted by Crippen LogP contribution is 2.29. The van der Waals surface area contributed by atoms with Crippen LogP contribution in [0.5, 0.6) is 0 Å². The zero-order valence-electron chi connectivity index (χ0n) is 18.5. The number of benzene rings is 2. The van der Waals surface area contributed by atoms with Crippen molar-refractivity contribution in [3.63, 3.8) is 0 Å². The lowest BCUT2D eigenvalue weighted by Crippen LogP contribution is -2.25. The van der Waals surface area contributed by atoms with Crippen LogP contribution in [0.4, 0.5) is 0 Å². The average molecular weight is 416 g/mol. The first-order chi connectivity index (χ1) is 15.3. The number of ether oxygens (including phenoxy) is 2. The van der Waals surface area contributed by atoms with Crippen molar-refractivity contribution in [2.24, 2.45) is 5.92 Å². The summed E-state index contributed by atoms with van der Waals surface area (Å²) in [7, 11) is 5.63. The van der Waals surface area contributed by atoms with Crippen LogP contribution in [0.15, 0.2) is 79.4 Å². The molecule has 0 aliphatic carbocycles. The Hall–Kier alpha value is -2.37. The summed E-state index contributed by atoms with van der Waals surface area (Å²) in [5.41, 5.74) is 2.76. The van der Waals surface area contributed by atoms with Gasteiger partial charge < -0.3 is 14.0 Å². The second kappa shape index (κ2) is 13.1. The smallest absolute Gasteiger partial charge is 0.162 e. The number of nitrogens with zero attached hydrogens (tertiary/aromatic N) is 2. The molecule has 5 heteroatoms. The summed E-state index contributed by atoms with van der Waals surface area (Å²) in [6, 6.07) is 21.4. The van der Waals surface area contributed by atoms with E-state index < -0.39 is 0 Å². The highest BCUT2D eigenvalue weighted by molar-refractivity contribution is 6.08. The first-order valence-corrected chi connectivity index (χ1v) is 11.3. The van der Waals surface area contributed by atoms with Gasteiger partial charge in [0.2, 0.25) is 0 Å². The molecule has 1 aliphatic rings. The van der Waals surface area contributed by atoms with Gasteiger partial charge in [0.05, 0.1) is 27.4 Å². The lowest BCUT2D eigenvalue weighted by atomic mass is 9.85. The van der Waals surface area contributed by atoms with Gasteiger partial charge in [-0.1, -0.05) is 80.3 Å². The minimum atomic E-state index is -0.0256. The van der Waals surface area contributed by atoms with E-state index in [-0.39, 0.29) is 6.29 Å². The van der Waals surface area contributed by atoms with Crippen LogP contribution in [0.1, 0.15) is 43.2 Å². The van der Waals surface area contributed by atoms with E-state index in [9.17, 15) is 0 Å². The van der Waals surface area contributed by atoms with Gasteiger partial charge in [0.1, 0.15) is 0 Å². The molecule has 4 rings (SSSR count). The number of hydrogen-bond acceptors (Lipinski definition) is 3. The zero-order chi connectivity index (χ0) is 21.7. The van der Waals surface area contributed by atoms with E-state index in [0.29, 0.717) is 11.8 Å². The Kier molecular flexibility index (Phi) is 9.87. The van der Waals surface area contributed by atoms with E-state index in [1.165, 1.54) is 11.1 Å². The lowest BCUT2D eigenvalue weighted by molar-refractivity contribution is -0.0884. The number of hydrogen-bond donors (Lipinski definition) is 0. The quantitative estimate of drug-likeness (QED) is 0.434. The fraction of sp³-hybridized carbons (Fsp3) is 0.423. The van der Waals surface area contributed by atoms with Crippen molar-refractivity contribution < 1.29 is 9.47 Å². The van der Waals surface area contributed by atoms with Crippen LogP contribution in [0.2, 0.25) is 6.32 Å². The molecule has 1 saturated heterocycles. The summed E-state index contributed by atoms with van der Waals surface area (Å²) in [6.45, 7) is 4.53. The summed E-state index contributed by atoms with van der Waals surface area (Å²) in [5.74, 6) is 0.896. The number of aromatic nitrogens is 2. The van der Waals surface area contributed by atoms with Gasteiger partial charge in [0.15, 0.2) is 6.29 Å². The van der Waals surface area contributed by atoms with Crippen LogP contribution in [0, 0.1) is 5.92 Å². The van der Waals surface area contributed by atoms with Crippen LogP contribution in [0.3, 0.4) is 0 Å². The molecule has 2 radical (unpaired) electrons. The average Bonchev–Trinajstić information content (AvgIpc) is 3.54. The van der Waals surface area contributed by atoms with Crippen molar-refractivity contribution in [3.8, 4) is 0 Å². The second-order valence-electron chi connectivity index (χ2n) is 7.84. The molecule has 1 fully saturated rings. The molecule has 1 unspecified atom stereocenters. The molecular weight excluding hydrogens is 383 g/mol. The largest absolute Gasteiger partial charge is 0.350 e. The molecular formula is C26H33BN2O2. The standard InChI is InChI=1S/C16H17B.C10H16N2O2/c17-13-7-12-16(14-8-3-1-4-9-14)15-10-5-2-6-11-15;1-2-9(10-13-5-6-14-10)7-12-4-3-11-8-12/h1-6,8-11,16H,7,12-13H2;3-4,8-10H,2,5-7H2,1H3. The molecule has 31 heavy (non-hydrogen) atoms. The van der Waals surface area contributed by atoms with Crippen LogP contribution >= 0.6 is 0 Å². The molecule has 0 saturated carbocycles. The maximum atomic E-state index is 5.63. The van der Waals surface area contributed by atoms with E-state index in [0.717, 1.165) is 45.3 Å². The Morgan fingerprint density at radius 1 is 1.00 bits per heavy atom. The van der Waals surface area contributed by atoms with Gasteiger partial charge in [-0.25, -0.2) is 4.98 Å². The molecule has 3 aromatic rings. The molecule has 2 heterocycles. The molecule has 2 aromatic carbocycles. The third-order valence-corrected chi connectivity index (χ3v) is 5.66. The molecule has 0 N–H and O–H groups in total. The molecule has 1 aliphatic heterocycles. The van der Waals surface area contributed by atoms with Crippen LogP contribution in [0.25, 0.3) is 0 Å². The molecule has 0 bridgehead atoms. The maximum absolute atomic E-state index is 5.63. The van der Waals surface area contributed by atoms with Crippen LogP contribution in [-0.4, -0.2) is 36.9 Å². The highest BCUT2D eigenvalue weighted by Gasteiger charge is 2.25. The van der Waals surface area contributed by atoms with Crippen molar-refractivity contribution >= 4 is 7.85 Å². The van der Waals surface area contributed by atoms with Crippen LogP contribution < -0.4 is 0 Å².